The van der Waals surface area contributed by atoms with E-state index < -0.39 is 104 Å². The highest BCUT2D eigenvalue weighted by atomic mass is 16.8. The van der Waals surface area contributed by atoms with Crippen LogP contribution >= 0.6 is 0 Å². The van der Waals surface area contributed by atoms with Gasteiger partial charge in [0.1, 0.15) is 31.0 Å². The predicted molar refractivity (Wildman–Crippen MR) is 136 cm³/mol. The number of ether oxygens (including phenoxy) is 8. The second-order valence-corrected chi connectivity index (χ2v) is 9.64. The van der Waals surface area contributed by atoms with Crippen LogP contribution in [0.3, 0.4) is 0 Å². The maximum absolute atomic E-state index is 12.9. The molecule has 16 nitrogen and oxygen atoms in total. The van der Waals surface area contributed by atoms with E-state index in [4.69, 9.17) is 37.9 Å². The van der Waals surface area contributed by atoms with Crippen LogP contribution in [-0.2, 0) is 57.1 Å². The lowest BCUT2D eigenvalue weighted by atomic mass is 9.96. The first kappa shape index (κ1) is 33.8. The number of aliphatic hydroxyl groups is 3. The molecule has 2 saturated heterocycles. The van der Waals surface area contributed by atoms with Gasteiger partial charge in [-0.25, -0.2) is 4.79 Å². The number of benzene rings is 1. The van der Waals surface area contributed by atoms with Gasteiger partial charge in [-0.1, -0.05) is 18.2 Å². The van der Waals surface area contributed by atoms with Crippen LogP contribution in [0.2, 0.25) is 0 Å². The normalized spacial score (nSPS) is 32.2. The highest BCUT2D eigenvalue weighted by Gasteiger charge is 2.56. The highest BCUT2D eigenvalue weighted by molar-refractivity contribution is 5.89. The van der Waals surface area contributed by atoms with Gasteiger partial charge in [0.2, 0.25) is 0 Å². The molecular weight excluding hydrogens is 580 g/mol. The Morgan fingerprint density at radius 3 is 1.84 bits per heavy atom. The number of rotatable bonds is 10. The second-order valence-electron chi connectivity index (χ2n) is 9.64. The summed E-state index contributed by atoms with van der Waals surface area (Å²) in [5, 5.41) is 31.4. The average molecular weight is 615 g/mol. The molecule has 2 aliphatic rings. The Morgan fingerprint density at radius 1 is 0.698 bits per heavy atom. The van der Waals surface area contributed by atoms with Gasteiger partial charge in [-0.2, -0.15) is 0 Å². The van der Waals surface area contributed by atoms with Crippen LogP contribution in [-0.4, -0.2) is 120 Å². The molecule has 3 N–H and O–H groups in total. The molecule has 43 heavy (non-hydrogen) atoms. The molecule has 2 aliphatic heterocycles. The van der Waals surface area contributed by atoms with Crippen molar-refractivity contribution in [3.63, 3.8) is 0 Å². The third-order valence-corrected chi connectivity index (χ3v) is 6.31. The summed E-state index contributed by atoms with van der Waals surface area (Å²) >= 11 is 0. The van der Waals surface area contributed by atoms with E-state index >= 15 is 0 Å². The summed E-state index contributed by atoms with van der Waals surface area (Å²) in [5.41, 5.74) is 0.0829. The van der Waals surface area contributed by atoms with Gasteiger partial charge in [-0.3, -0.25) is 19.2 Å². The zero-order chi connectivity index (χ0) is 31.8. The fourth-order valence-corrected chi connectivity index (χ4v) is 4.56. The van der Waals surface area contributed by atoms with Crippen molar-refractivity contribution < 1.29 is 77.2 Å². The van der Waals surface area contributed by atoms with Gasteiger partial charge in [-0.15, -0.1) is 0 Å². The van der Waals surface area contributed by atoms with E-state index in [1.54, 1.807) is 18.2 Å². The van der Waals surface area contributed by atoms with Crippen molar-refractivity contribution in [3.8, 4) is 0 Å². The Hall–Kier alpha value is -3.67. The van der Waals surface area contributed by atoms with Crippen LogP contribution in [0.4, 0.5) is 0 Å². The maximum Gasteiger partial charge on any atom is 0.338 e. The van der Waals surface area contributed by atoms with Gasteiger partial charge in [0.05, 0.1) is 12.2 Å². The van der Waals surface area contributed by atoms with E-state index in [2.05, 4.69) is 0 Å². The molecule has 3 rings (SSSR count). The summed E-state index contributed by atoms with van der Waals surface area (Å²) in [7, 11) is 0. The number of hydrogen-bond acceptors (Lipinski definition) is 16. The number of aliphatic hydroxyl groups excluding tert-OH is 3. The average Bonchev–Trinajstić information content (AvgIpc) is 2.93. The lowest BCUT2D eigenvalue weighted by molar-refractivity contribution is -0.356. The number of hydrogen-bond donors (Lipinski definition) is 3. The Balaban J connectivity index is 2.03. The van der Waals surface area contributed by atoms with Crippen molar-refractivity contribution in [2.45, 2.75) is 89.1 Å². The van der Waals surface area contributed by atoms with Crippen LogP contribution in [0.15, 0.2) is 30.3 Å². The Bertz CT molecular complexity index is 1140. The quantitative estimate of drug-likeness (QED) is 0.207. The molecule has 0 radical (unpaired) electrons. The Labute approximate surface area is 245 Å². The summed E-state index contributed by atoms with van der Waals surface area (Å²) in [4.78, 5) is 60.6. The van der Waals surface area contributed by atoms with Gasteiger partial charge in [-0.05, 0) is 12.1 Å². The summed E-state index contributed by atoms with van der Waals surface area (Å²) in [6.45, 7) is 2.86. The Morgan fingerprint density at radius 2 is 1.28 bits per heavy atom. The predicted octanol–water partition coefficient (Wildman–Crippen LogP) is -1.25. The smallest absolute Gasteiger partial charge is 0.338 e. The molecule has 0 aliphatic carbocycles. The van der Waals surface area contributed by atoms with E-state index in [9.17, 15) is 39.3 Å². The van der Waals surface area contributed by atoms with Gasteiger partial charge < -0.3 is 53.2 Å². The lowest BCUT2D eigenvalue weighted by Gasteiger charge is -2.47. The molecule has 0 saturated carbocycles. The number of esters is 5. The molecular formula is C27H34O16. The molecule has 0 bridgehead atoms. The number of carbonyl (C=O) groups is 5. The van der Waals surface area contributed by atoms with E-state index in [0.29, 0.717) is 0 Å². The summed E-state index contributed by atoms with van der Waals surface area (Å²) in [5.74, 6) is -4.32. The molecule has 0 aromatic heterocycles. The van der Waals surface area contributed by atoms with Gasteiger partial charge >= 0.3 is 29.8 Å². The first-order valence-electron chi connectivity index (χ1n) is 13.2. The molecule has 0 unspecified atom stereocenters. The molecule has 1 aromatic carbocycles. The number of carbonyl (C=O) groups excluding carboxylic acids is 5. The van der Waals surface area contributed by atoms with E-state index in [1.165, 1.54) is 12.1 Å². The van der Waals surface area contributed by atoms with Crippen molar-refractivity contribution >= 4 is 29.8 Å². The fraction of sp³-hybridized carbons (Fsp3) is 0.593. The van der Waals surface area contributed by atoms with Crippen LogP contribution in [0, 0.1) is 0 Å². The minimum atomic E-state index is -1.93. The molecule has 238 valence electrons. The monoisotopic (exact) mass is 614 g/mol. The van der Waals surface area contributed by atoms with Crippen LogP contribution in [0.5, 0.6) is 0 Å². The van der Waals surface area contributed by atoms with Gasteiger partial charge in [0, 0.05) is 27.7 Å². The highest BCUT2D eigenvalue weighted by Crippen LogP contribution is 2.34. The molecule has 2 fully saturated rings. The molecule has 2 heterocycles. The minimum Gasteiger partial charge on any atom is -0.463 e. The first-order chi connectivity index (χ1) is 20.3. The van der Waals surface area contributed by atoms with E-state index in [1.807, 2.05) is 0 Å². The van der Waals surface area contributed by atoms with Crippen molar-refractivity contribution in [1.29, 1.82) is 0 Å². The van der Waals surface area contributed by atoms with Crippen molar-refractivity contribution in [1.82, 2.24) is 0 Å². The van der Waals surface area contributed by atoms with Crippen LogP contribution in [0.1, 0.15) is 38.1 Å². The summed E-state index contributed by atoms with van der Waals surface area (Å²) in [6.07, 6.45) is -16.5. The molecule has 10 atom stereocenters. The molecule has 0 amide bonds. The molecule has 16 heteroatoms. The first-order valence-corrected chi connectivity index (χ1v) is 13.2. The molecule has 0 spiro atoms. The van der Waals surface area contributed by atoms with Crippen LogP contribution in [0.25, 0.3) is 0 Å². The largest absolute Gasteiger partial charge is 0.463 e. The van der Waals surface area contributed by atoms with E-state index in [0.717, 1.165) is 27.7 Å². The third kappa shape index (κ3) is 8.92. The zero-order valence-corrected chi connectivity index (χ0v) is 23.7. The van der Waals surface area contributed by atoms with Crippen molar-refractivity contribution in [2.75, 3.05) is 13.2 Å². The SMILES string of the molecule is CC(=O)OC[C@H]1O[C@H](O[C@H]2[C@H](O)[C@@H](CO)O[C@H](O)[C@H]2OC(=O)c2ccccc2)[C@@H](OC(C)=O)[C@@H](OC(C)=O)[C@@H]1OC(C)=O. The lowest BCUT2D eigenvalue weighted by Crippen LogP contribution is -2.66. The minimum absolute atomic E-state index is 0.0829. The second kappa shape index (κ2) is 15.2. The van der Waals surface area contributed by atoms with Crippen molar-refractivity contribution in [3.05, 3.63) is 35.9 Å². The maximum atomic E-state index is 12.9. The topological polar surface area (TPSA) is 220 Å². The van der Waals surface area contributed by atoms with Crippen molar-refractivity contribution in [2.24, 2.45) is 0 Å². The Kier molecular flexibility index (Phi) is 11.9. The van der Waals surface area contributed by atoms with Gasteiger partial charge in [0.25, 0.3) is 0 Å². The standard InChI is InChI=1S/C27H34O16/c1-12(29)36-11-18-20(37-13(2)30)22(38-14(3)31)24(39-15(4)32)27(41-18)43-21-19(33)17(10-28)40-26(35)23(21)42-25(34)16-8-6-5-7-9-16/h5-9,17-24,26-28,33,35H,10-11H2,1-4H3/t17-,18-,19-,20-,21+,22+,23+,24+,26+,27-/m1/s1. The van der Waals surface area contributed by atoms with E-state index in [-0.39, 0.29) is 5.56 Å². The van der Waals surface area contributed by atoms with Crippen LogP contribution < -0.4 is 0 Å². The zero-order valence-electron chi connectivity index (χ0n) is 23.7. The summed E-state index contributed by atoms with van der Waals surface area (Å²) < 4.78 is 43.5. The molecule has 1 aromatic rings. The summed E-state index contributed by atoms with van der Waals surface area (Å²) in [6, 6.07) is 7.64. The third-order valence-electron chi connectivity index (χ3n) is 6.31. The van der Waals surface area contributed by atoms with Gasteiger partial charge in [0.15, 0.2) is 37.0 Å². The fourth-order valence-electron chi connectivity index (χ4n) is 4.56.